The van der Waals surface area contributed by atoms with E-state index in [-0.39, 0.29) is 18.8 Å². The number of hydrogen-bond donors (Lipinski definition) is 3. The van der Waals surface area contributed by atoms with Crippen molar-refractivity contribution in [1.82, 2.24) is 5.32 Å². The smallest absolute Gasteiger partial charge is 0.161 e. The first-order valence-electron chi connectivity index (χ1n) is 6.69. The lowest BCUT2D eigenvalue weighted by Gasteiger charge is -2.21. The maximum absolute atomic E-state index is 9.33. The summed E-state index contributed by atoms with van der Waals surface area (Å²) >= 11 is 0. The molecule has 1 unspecified atom stereocenters. The third-order valence-corrected chi connectivity index (χ3v) is 2.69. The average molecular weight is 283 g/mol. The standard InChI is InChI=1S/C15H25NO4/c1-15(2,3)16-8-11-5-6-13(19-4)14(7-11)20-10-12(18)9-17/h5-7,12,16-18H,8-10H2,1-4H3. The SMILES string of the molecule is COc1ccc(CNC(C)(C)C)cc1OCC(O)CO. The number of nitrogens with one attached hydrogen (secondary N) is 1. The van der Waals surface area contributed by atoms with Gasteiger partial charge in [-0.15, -0.1) is 0 Å². The minimum atomic E-state index is -0.893. The minimum Gasteiger partial charge on any atom is -0.493 e. The Balaban J connectivity index is 2.74. The van der Waals surface area contributed by atoms with E-state index in [1.807, 2.05) is 18.2 Å². The number of benzene rings is 1. The largest absolute Gasteiger partial charge is 0.493 e. The number of ether oxygens (including phenoxy) is 2. The molecule has 0 amide bonds. The summed E-state index contributed by atoms with van der Waals surface area (Å²) in [6.45, 7) is 6.73. The van der Waals surface area contributed by atoms with Crippen LogP contribution in [0.4, 0.5) is 0 Å². The predicted molar refractivity (Wildman–Crippen MR) is 78.2 cm³/mol. The molecule has 1 rings (SSSR count). The van der Waals surface area contributed by atoms with E-state index in [0.29, 0.717) is 18.0 Å². The van der Waals surface area contributed by atoms with Gasteiger partial charge in [-0.05, 0) is 38.5 Å². The quantitative estimate of drug-likeness (QED) is 0.704. The Morgan fingerprint density at radius 1 is 1.25 bits per heavy atom. The lowest BCUT2D eigenvalue weighted by Crippen LogP contribution is -2.35. The van der Waals surface area contributed by atoms with Crippen LogP contribution < -0.4 is 14.8 Å². The van der Waals surface area contributed by atoms with Crippen LogP contribution in [0.15, 0.2) is 18.2 Å². The van der Waals surface area contributed by atoms with E-state index in [2.05, 4.69) is 26.1 Å². The fourth-order valence-electron chi connectivity index (χ4n) is 1.55. The first kappa shape index (κ1) is 16.8. The van der Waals surface area contributed by atoms with Gasteiger partial charge in [0.05, 0.1) is 13.7 Å². The Morgan fingerprint density at radius 3 is 2.50 bits per heavy atom. The number of hydrogen-bond acceptors (Lipinski definition) is 5. The molecule has 0 bridgehead atoms. The van der Waals surface area contributed by atoms with Crippen LogP contribution in [0.25, 0.3) is 0 Å². The summed E-state index contributed by atoms with van der Waals surface area (Å²) in [5.74, 6) is 1.17. The van der Waals surface area contributed by atoms with Crippen molar-refractivity contribution in [2.45, 2.75) is 39.0 Å². The van der Waals surface area contributed by atoms with Crippen LogP contribution in [0.1, 0.15) is 26.3 Å². The second kappa shape index (κ2) is 7.47. The van der Waals surface area contributed by atoms with Gasteiger partial charge in [-0.3, -0.25) is 0 Å². The average Bonchev–Trinajstić information content (AvgIpc) is 2.41. The molecule has 20 heavy (non-hydrogen) atoms. The normalized spacial score (nSPS) is 13.1. The molecule has 1 aromatic carbocycles. The van der Waals surface area contributed by atoms with E-state index in [0.717, 1.165) is 5.56 Å². The molecular formula is C15H25NO4. The zero-order valence-electron chi connectivity index (χ0n) is 12.6. The third kappa shape index (κ3) is 5.77. The van der Waals surface area contributed by atoms with Gasteiger partial charge in [0.25, 0.3) is 0 Å². The second-order valence-corrected chi connectivity index (χ2v) is 5.74. The van der Waals surface area contributed by atoms with Gasteiger partial charge >= 0.3 is 0 Å². The molecule has 3 N–H and O–H groups in total. The maximum atomic E-state index is 9.33. The van der Waals surface area contributed by atoms with Crippen LogP contribution in [-0.2, 0) is 6.54 Å². The van der Waals surface area contributed by atoms with E-state index < -0.39 is 6.10 Å². The summed E-state index contributed by atoms with van der Waals surface area (Å²) in [4.78, 5) is 0. The van der Waals surface area contributed by atoms with Crippen LogP contribution >= 0.6 is 0 Å². The highest BCUT2D eigenvalue weighted by molar-refractivity contribution is 5.43. The summed E-state index contributed by atoms with van der Waals surface area (Å²) in [6, 6.07) is 5.68. The highest BCUT2D eigenvalue weighted by Gasteiger charge is 2.11. The van der Waals surface area contributed by atoms with E-state index >= 15 is 0 Å². The van der Waals surface area contributed by atoms with Crippen molar-refractivity contribution in [3.63, 3.8) is 0 Å². The first-order valence-corrected chi connectivity index (χ1v) is 6.69. The topological polar surface area (TPSA) is 71.0 Å². The molecule has 0 spiro atoms. The molecule has 0 aliphatic heterocycles. The minimum absolute atomic E-state index is 0.0308. The van der Waals surface area contributed by atoms with Gasteiger partial charge in [-0.25, -0.2) is 0 Å². The fraction of sp³-hybridized carbons (Fsp3) is 0.600. The Bertz CT molecular complexity index is 415. The van der Waals surface area contributed by atoms with Crippen molar-refractivity contribution in [3.8, 4) is 11.5 Å². The van der Waals surface area contributed by atoms with Crippen LogP contribution in [0.3, 0.4) is 0 Å². The molecule has 0 heterocycles. The number of methoxy groups -OCH3 is 1. The van der Waals surface area contributed by atoms with E-state index in [1.165, 1.54) is 0 Å². The number of aliphatic hydroxyl groups excluding tert-OH is 2. The van der Waals surface area contributed by atoms with Gasteiger partial charge in [-0.1, -0.05) is 6.07 Å². The summed E-state index contributed by atoms with van der Waals surface area (Å²) in [5.41, 5.74) is 1.10. The Morgan fingerprint density at radius 2 is 1.95 bits per heavy atom. The lowest BCUT2D eigenvalue weighted by atomic mass is 10.1. The highest BCUT2D eigenvalue weighted by atomic mass is 16.5. The lowest BCUT2D eigenvalue weighted by molar-refractivity contribution is 0.0527. The molecule has 0 radical (unpaired) electrons. The van der Waals surface area contributed by atoms with E-state index in [9.17, 15) is 5.11 Å². The second-order valence-electron chi connectivity index (χ2n) is 5.74. The molecule has 0 aromatic heterocycles. The predicted octanol–water partition coefficient (Wildman–Crippen LogP) is 1.32. The van der Waals surface area contributed by atoms with Crippen LogP contribution in [0.5, 0.6) is 11.5 Å². The molecule has 5 nitrogen and oxygen atoms in total. The molecule has 0 saturated heterocycles. The van der Waals surface area contributed by atoms with Gasteiger partial charge in [0.1, 0.15) is 12.7 Å². The maximum Gasteiger partial charge on any atom is 0.161 e. The molecule has 1 aromatic rings. The van der Waals surface area contributed by atoms with Gasteiger partial charge in [0, 0.05) is 12.1 Å². The highest BCUT2D eigenvalue weighted by Crippen LogP contribution is 2.28. The van der Waals surface area contributed by atoms with Crippen molar-refractivity contribution in [1.29, 1.82) is 0 Å². The van der Waals surface area contributed by atoms with Crippen LogP contribution in [0, 0.1) is 0 Å². The summed E-state index contributed by atoms with van der Waals surface area (Å²) in [6.07, 6.45) is -0.893. The summed E-state index contributed by atoms with van der Waals surface area (Å²) < 4.78 is 10.7. The van der Waals surface area contributed by atoms with Crippen LogP contribution in [0.2, 0.25) is 0 Å². The van der Waals surface area contributed by atoms with Crippen molar-refractivity contribution >= 4 is 0 Å². The molecule has 0 aliphatic carbocycles. The Hall–Kier alpha value is -1.30. The van der Waals surface area contributed by atoms with Gasteiger partial charge in [0.2, 0.25) is 0 Å². The van der Waals surface area contributed by atoms with E-state index in [1.54, 1.807) is 7.11 Å². The molecule has 0 aliphatic rings. The number of aliphatic hydroxyl groups is 2. The fourth-order valence-corrected chi connectivity index (χ4v) is 1.55. The molecule has 1 atom stereocenters. The van der Waals surface area contributed by atoms with Crippen molar-refractivity contribution in [2.75, 3.05) is 20.3 Å². The molecule has 5 heteroatoms. The first-order chi connectivity index (χ1) is 9.35. The zero-order chi connectivity index (χ0) is 15.2. The Labute approximate surface area is 120 Å². The van der Waals surface area contributed by atoms with Crippen molar-refractivity contribution in [2.24, 2.45) is 0 Å². The van der Waals surface area contributed by atoms with Gasteiger partial charge < -0.3 is 25.0 Å². The van der Waals surface area contributed by atoms with Crippen molar-refractivity contribution in [3.05, 3.63) is 23.8 Å². The summed E-state index contributed by atoms with van der Waals surface area (Å²) in [5, 5.41) is 21.5. The van der Waals surface area contributed by atoms with Crippen molar-refractivity contribution < 1.29 is 19.7 Å². The van der Waals surface area contributed by atoms with Gasteiger partial charge in [0.15, 0.2) is 11.5 Å². The van der Waals surface area contributed by atoms with Crippen LogP contribution in [-0.4, -0.2) is 42.2 Å². The molecule has 114 valence electrons. The molecular weight excluding hydrogens is 258 g/mol. The summed E-state index contributed by atoms with van der Waals surface area (Å²) in [7, 11) is 1.57. The monoisotopic (exact) mass is 283 g/mol. The zero-order valence-corrected chi connectivity index (χ0v) is 12.6. The molecule has 0 saturated carbocycles. The number of rotatable bonds is 7. The third-order valence-electron chi connectivity index (χ3n) is 2.69. The van der Waals surface area contributed by atoms with E-state index in [4.69, 9.17) is 14.6 Å². The molecule has 0 fully saturated rings. The Kier molecular flexibility index (Phi) is 6.26. The van der Waals surface area contributed by atoms with Gasteiger partial charge in [-0.2, -0.15) is 0 Å².